The van der Waals surface area contributed by atoms with E-state index in [0.717, 1.165) is 11.6 Å². The van der Waals surface area contributed by atoms with Crippen molar-refractivity contribution in [2.24, 2.45) is 0 Å². The second-order valence-corrected chi connectivity index (χ2v) is 5.51. The van der Waals surface area contributed by atoms with Gasteiger partial charge in [-0.05, 0) is 30.7 Å². The minimum absolute atomic E-state index is 0.152. The zero-order valence-electron chi connectivity index (χ0n) is 14.3. The van der Waals surface area contributed by atoms with Gasteiger partial charge in [0.2, 0.25) is 11.8 Å². The van der Waals surface area contributed by atoms with Crippen LogP contribution in [0.15, 0.2) is 60.7 Å². The van der Waals surface area contributed by atoms with E-state index in [9.17, 15) is 22.8 Å². The van der Waals surface area contributed by atoms with Crippen molar-refractivity contribution in [3.8, 4) is 5.75 Å². The Hall–Kier alpha value is -3.29. The van der Waals surface area contributed by atoms with Gasteiger partial charge in [-0.2, -0.15) is 0 Å². The summed E-state index contributed by atoms with van der Waals surface area (Å²) in [6.07, 6.45) is -2.05. The highest BCUT2D eigenvalue weighted by Gasteiger charge is 2.32. The molecule has 0 fully saturated rings. The molecule has 142 valence electrons. The quantitative estimate of drug-likeness (QED) is 0.753. The van der Waals surface area contributed by atoms with Crippen LogP contribution in [0.2, 0.25) is 0 Å². The van der Waals surface area contributed by atoms with Gasteiger partial charge in [0.1, 0.15) is 6.04 Å². The van der Waals surface area contributed by atoms with Crippen molar-refractivity contribution in [1.29, 1.82) is 0 Å². The van der Waals surface area contributed by atoms with Crippen molar-refractivity contribution < 1.29 is 27.5 Å². The summed E-state index contributed by atoms with van der Waals surface area (Å²) in [5, 5.41) is 4.75. The molecule has 5 nitrogen and oxygen atoms in total. The number of benzene rings is 2. The average molecular weight is 378 g/mol. The molecule has 0 spiro atoms. The SMILES string of the molecule is CC(NC(=O)/C=C/c1ccccc1)C(=O)Nc1ccccc1OC(F)(F)F. The van der Waals surface area contributed by atoms with Gasteiger partial charge in [0.15, 0.2) is 5.75 Å². The normalized spacial score (nSPS) is 12.4. The largest absolute Gasteiger partial charge is 0.573 e. The lowest BCUT2D eigenvalue weighted by atomic mass is 10.2. The Morgan fingerprint density at radius 2 is 1.67 bits per heavy atom. The number of halogens is 3. The Morgan fingerprint density at radius 3 is 2.33 bits per heavy atom. The highest BCUT2D eigenvalue weighted by atomic mass is 19.4. The summed E-state index contributed by atoms with van der Waals surface area (Å²) < 4.78 is 41.1. The number of carbonyl (C=O) groups is 2. The van der Waals surface area contributed by atoms with Gasteiger partial charge in [-0.3, -0.25) is 9.59 Å². The molecular weight excluding hydrogens is 361 g/mol. The summed E-state index contributed by atoms with van der Waals surface area (Å²) in [5.74, 6) is -1.74. The van der Waals surface area contributed by atoms with Crippen molar-refractivity contribution >= 4 is 23.6 Å². The smallest absolute Gasteiger partial charge is 0.404 e. The fourth-order valence-electron chi connectivity index (χ4n) is 2.09. The lowest BCUT2D eigenvalue weighted by Crippen LogP contribution is -2.41. The van der Waals surface area contributed by atoms with Crippen LogP contribution in [0.25, 0.3) is 6.08 Å². The monoisotopic (exact) mass is 378 g/mol. The Kier molecular flexibility index (Phi) is 6.59. The van der Waals surface area contributed by atoms with Gasteiger partial charge >= 0.3 is 6.36 Å². The molecule has 0 radical (unpaired) electrons. The number of anilines is 1. The first kappa shape index (κ1) is 20.0. The van der Waals surface area contributed by atoms with Gasteiger partial charge in [-0.1, -0.05) is 42.5 Å². The topological polar surface area (TPSA) is 67.4 Å². The number of nitrogens with one attached hydrogen (secondary N) is 2. The Bertz CT molecular complexity index is 820. The number of ether oxygens (including phenoxy) is 1. The first-order valence-corrected chi connectivity index (χ1v) is 7.94. The predicted molar refractivity (Wildman–Crippen MR) is 94.8 cm³/mol. The van der Waals surface area contributed by atoms with Crippen molar-refractivity contribution in [2.45, 2.75) is 19.3 Å². The van der Waals surface area contributed by atoms with E-state index < -0.39 is 30.0 Å². The van der Waals surface area contributed by atoms with Crippen LogP contribution in [0.3, 0.4) is 0 Å². The second kappa shape index (κ2) is 8.88. The Balaban J connectivity index is 1.96. The van der Waals surface area contributed by atoms with Crippen LogP contribution in [0, 0.1) is 0 Å². The highest BCUT2D eigenvalue weighted by molar-refractivity contribution is 6.00. The van der Waals surface area contributed by atoms with Crippen LogP contribution in [0.4, 0.5) is 18.9 Å². The van der Waals surface area contributed by atoms with Gasteiger partial charge in [-0.15, -0.1) is 13.2 Å². The molecule has 0 aromatic heterocycles. The standard InChI is InChI=1S/C19H17F3N2O3/c1-13(23-17(25)12-11-14-7-3-2-4-8-14)18(26)24-15-9-5-6-10-16(15)27-19(20,21)22/h2-13H,1H3,(H,23,25)(H,24,26)/b12-11+. The minimum Gasteiger partial charge on any atom is -0.404 e. The Labute approximate surface area is 153 Å². The molecule has 0 aliphatic carbocycles. The maximum atomic E-state index is 12.4. The molecule has 2 N–H and O–H groups in total. The fourth-order valence-corrected chi connectivity index (χ4v) is 2.09. The van der Waals surface area contributed by atoms with Crippen LogP contribution in [-0.2, 0) is 9.59 Å². The molecule has 0 heterocycles. The first-order valence-electron chi connectivity index (χ1n) is 7.94. The van der Waals surface area contributed by atoms with Crippen LogP contribution in [0.1, 0.15) is 12.5 Å². The highest BCUT2D eigenvalue weighted by Crippen LogP contribution is 2.29. The summed E-state index contributed by atoms with van der Waals surface area (Å²) in [6, 6.07) is 13.2. The molecule has 2 aromatic rings. The molecular formula is C19H17F3N2O3. The zero-order valence-corrected chi connectivity index (χ0v) is 14.3. The summed E-state index contributed by atoms with van der Waals surface area (Å²) in [5.41, 5.74) is 0.656. The summed E-state index contributed by atoms with van der Waals surface area (Å²) in [4.78, 5) is 24.0. The third kappa shape index (κ3) is 6.85. The van der Waals surface area contributed by atoms with E-state index in [4.69, 9.17) is 0 Å². The summed E-state index contributed by atoms with van der Waals surface area (Å²) in [7, 11) is 0. The maximum Gasteiger partial charge on any atom is 0.573 e. The lowest BCUT2D eigenvalue weighted by Gasteiger charge is -2.16. The molecule has 1 unspecified atom stereocenters. The van der Waals surface area contributed by atoms with Crippen molar-refractivity contribution in [1.82, 2.24) is 5.32 Å². The van der Waals surface area contributed by atoms with Crippen molar-refractivity contribution in [2.75, 3.05) is 5.32 Å². The van der Waals surface area contributed by atoms with Crippen LogP contribution >= 0.6 is 0 Å². The first-order chi connectivity index (χ1) is 12.7. The van der Waals surface area contributed by atoms with E-state index in [1.807, 2.05) is 18.2 Å². The summed E-state index contributed by atoms with van der Waals surface area (Å²) >= 11 is 0. The van der Waals surface area contributed by atoms with E-state index in [2.05, 4.69) is 15.4 Å². The van der Waals surface area contributed by atoms with E-state index in [1.165, 1.54) is 31.2 Å². The van der Waals surface area contributed by atoms with Gasteiger partial charge in [0, 0.05) is 6.08 Å². The Morgan fingerprint density at radius 1 is 1.04 bits per heavy atom. The van der Waals surface area contributed by atoms with Crippen molar-refractivity contribution in [3.63, 3.8) is 0 Å². The van der Waals surface area contributed by atoms with Gasteiger partial charge in [0.05, 0.1) is 5.69 Å². The fraction of sp³-hybridized carbons (Fsp3) is 0.158. The zero-order chi connectivity index (χ0) is 19.9. The maximum absolute atomic E-state index is 12.4. The third-order valence-electron chi connectivity index (χ3n) is 3.35. The minimum atomic E-state index is -4.89. The number of para-hydroxylation sites is 2. The molecule has 27 heavy (non-hydrogen) atoms. The number of carbonyl (C=O) groups excluding carboxylic acids is 2. The molecule has 0 bridgehead atoms. The van der Waals surface area contributed by atoms with Crippen LogP contribution < -0.4 is 15.4 Å². The molecule has 8 heteroatoms. The number of hydrogen-bond acceptors (Lipinski definition) is 3. The molecule has 2 rings (SSSR count). The van der Waals surface area contributed by atoms with Crippen LogP contribution in [0.5, 0.6) is 5.75 Å². The molecule has 2 aromatic carbocycles. The van der Waals surface area contributed by atoms with Gasteiger partial charge < -0.3 is 15.4 Å². The summed E-state index contributed by atoms with van der Waals surface area (Å²) in [6.45, 7) is 1.41. The second-order valence-electron chi connectivity index (χ2n) is 5.51. The average Bonchev–Trinajstić information content (AvgIpc) is 2.61. The van der Waals surface area contributed by atoms with E-state index in [0.29, 0.717) is 0 Å². The predicted octanol–water partition coefficient (Wildman–Crippen LogP) is 3.74. The van der Waals surface area contributed by atoms with E-state index in [-0.39, 0.29) is 5.69 Å². The van der Waals surface area contributed by atoms with Gasteiger partial charge in [-0.25, -0.2) is 0 Å². The third-order valence-corrected chi connectivity index (χ3v) is 3.35. The number of amides is 2. The molecule has 0 aliphatic rings. The molecule has 2 amide bonds. The molecule has 0 saturated heterocycles. The molecule has 1 atom stereocenters. The lowest BCUT2D eigenvalue weighted by molar-refractivity contribution is -0.274. The molecule has 0 aliphatic heterocycles. The van der Waals surface area contributed by atoms with Gasteiger partial charge in [0.25, 0.3) is 0 Å². The number of alkyl halides is 3. The number of rotatable bonds is 6. The van der Waals surface area contributed by atoms with Crippen LogP contribution in [-0.4, -0.2) is 24.2 Å². The number of hydrogen-bond donors (Lipinski definition) is 2. The molecule has 0 saturated carbocycles. The van der Waals surface area contributed by atoms with E-state index in [1.54, 1.807) is 18.2 Å². The van der Waals surface area contributed by atoms with E-state index >= 15 is 0 Å². The van der Waals surface area contributed by atoms with Crippen molar-refractivity contribution in [3.05, 3.63) is 66.2 Å².